The lowest BCUT2D eigenvalue weighted by Crippen LogP contribution is -2.10. The van der Waals surface area contributed by atoms with Crippen LogP contribution in [0.4, 0.5) is 17.1 Å². The summed E-state index contributed by atoms with van der Waals surface area (Å²) in [6.07, 6.45) is 0. The molecule has 0 saturated carbocycles. The summed E-state index contributed by atoms with van der Waals surface area (Å²) in [5.74, 6) is 0. The van der Waals surface area contributed by atoms with Gasteiger partial charge in [0.1, 0.15) is 11.2 Å². The molecule has 0 amide bonds. The smallest absolute Gasteiger partial charge is 0.144 e. The first-order chi connectivity index (χ1) is 26.3. The van der Waals surface area contributed by atoms with Crippen molar-refractivity contribution in [2.75, 3.05) is 4.90 Å². The third-order valence-corrected chi connectivity index (χ3v) is 11.9. The maximum absolute atomic E-state index is 6.74. The van der Waals surface area contributed by atoms with E-state index in [2.05, 4.69) is 193 Å². The highest BCUT2D eigenvalue weighted by atomic mass is 32.1. The summed E-state index contributed by atoms with van der Waals surface area (Å²) in [7, 11) is 0. The van der Waals surface area contributed by atoms with E-state index in [0.29, 0.717) is 0 Å². The largest absolute Gasteiger partial charge is 0.455 e. The molecule has 0 aliphatic heterocycles. The number of thiophene rings is 1. The number of fused-ring (bicyclic) bond motifs is 10. The number of rotatable bonds is 5. The molecule has 2 aromatic heterocycles. The van der Waals surface area contributed by atoms with Crippen molar-refractivity contribution in [3.63, 3.8) is 0 Å². The van der Waals surface area contributed by atoms with Gasteiger partial charge in [-0.2, -0.15) is 0 Å². The molecule has 2 nitrogen and oxygen atoms in total. The van der Waals surface area contributed by atoms with Gasteiger partial charge in [-0.25, -0.2) is 0 Å². The van der Waals surface area contributed by atoms with Crippen molar-refractivity contribution in [1.29, 1.82) is 0 Å². The summed E-state index contributed by atoms with van der Waals surface area (Å²) in [4.78, 5) is 2.41. The van der Waals surface area contributed by atoms with Gasteiger partial charge in [0.05, 0.1) is 10.4 Å². The van der Waals surface area contributed by atoms with Gasteiger partial charge in [0.25, 0.3) is 0 Å². The Morgan fingerprint density at radius 3 is 1.81 bits per heavy atom. The fourth-order valence-electron chi connectivity index (χ4n) is 8.17. The number of benzene rings is 9. The predicted octanol–water partition coefficient (Wildman–Crippen LogP) is 15.1. The number of nitrogens with zero attached hydrogens (tertiary/aromatic N) is 1. The van der Waals surface area contributed by atoms with Crippen LogP contribution in [0.15, 0.2) is 192 Å². The van der Waals surface area contributed by atoms with Gasteiger partial charge >= 0.3 is 0 Å². The van der Waals surface area contributed by atoms with Crippen molar-refractivity contribution >= 4 is 92.1 Å². The van der Waals surface area contributed by atoms with Crippen LogP contribution in [0.25, 0.3) is 85.9 Å². The van der Waals surface area contributed by atoms with E-state index in [0.717, 1.165) is 33.6 Å². The zero-order valence-electron chi connectivity index (χ0n) is 28.7. The standard InChI is InChI=1S/C50H31NOS/c1-2-10-32(11-3-1)33-20-25-37(26-21-33)51(38-27-22-36(23-28-38)40-17-8-14-34-12-4-6-15-39(34)40)44-19-9-18-43-48-46(53-50(43)44)31-29-42-47-41-16-7-5-13-35(41)24-30-45(47)52-49(42)48/h1-31H. The Kier molecular flexibility index (Phi) is 6.76. The highest BCUT2D eigenvalue weighted by molar-refractivity contribution is 7.26. The Morgan fingerprint density at radius 2 is 1.02 bits per heavy atom. The molecule has 0 saturated heterocycles. The van der Waals surface area contributed by atoms with E-state index >= 15 is 0 Å². The number of furan rings is 1. The lowest BCUT2D eigenvalue weighted by atomic mass is 9.98. The summed E-state index contributed by atoms with van der Waals surface area (Å²) in [5.41, 5.74) is 10.1. The second-order valence-electron chi connectivity index (χ2n) is 13.7. The Balaban J connectivity index is 1.11. The van der Waals surface area contributed by atoms with Crippen molar-refractivity contribution in [3.05, 3.63) is 188 Å². The third-order valence-electron chi connectivity index (χ3n) is 10.7. The van der Waals surface area contributed by atoms with Crippen molar-refractivity contribution in [3.8, 4) is 22.3 Å². The maximum atomic E-state index is 6.74. The van der Waals surface area contributed by atoms with Gasteiger partial charge in [0.2, 0.25) is 0 Å². The van der Waals surface area contributed by atoms with Crippen LogP contribution in [-0.4, -0.2) is 0 Å². The fourth-order valence-corrected chi connectivity index (χ4v) is 9.38. The average Bonchev–Trinajstić information content (AvgIpc) is 3.81. The van der Waals surface area contributed by atoms with Crippen LogP contribution >= 0.6 is 11.3 Å². The van der Waals surface area contributed by atoms with Crippen LogP contribution in [0.3, 0.4) is 0 Å². The van der Waals surface area contributed by atoms with Crippen LogP contribution in [0.5, 0.6) is 0 Å². The Bertz CT molecular complexity index is 3150. The van der Waals surface area contributed by atoms with E-state index < -0.39 is 0 Å². The second kappa shape index (κ2) is 11.9. The van der Waals surface area contributed by atoms with Gasteiger partial charge in [0, 0.05) is 37.6 Å². The fraction of sp³-hybridized carbons (Fsp3) is 0. The molecule has 0 atom stereocenters. The highest BCUT2D eigenvalue weighted by Gasteiger charge is 2.21. The molecule has 0 aliphatic carbocycles. The lowest BCUT2D eigenvalue weighted by Gasteiger charge is -2.26. The Labute approximate surface area is 310 Å². The molecule has 0 radical (unpaired) electrons. The minimum absolute atomic E-state index is 0.924. The van der Waals surface area contributed by atoms with Gasteiger partial charge in [-0.15, -0.1) is 11.3 Å². The molecule has 248 valence electrons. The van der Waals surface area contributed by atoms with Crippen LogP contribution < -0.4 is 4.90 Å². The van der Waals surface area contributed by atoms with Gasteiger partial charge in [-0.05, 0) is 92.3 Å². The minimum atomic E-state index is 0.924. The van der Waals surface area contributed by atoms with Crippen molar-refractivity contribution in [2.24, 2.45) is 0 Å². The molecular weight excluding hydrogens is 663 g/mol. The van der Waals surface area contributed by atoms with Crippen LogP contribution in [0, 0.1) is 0 Å². The van der Waals surface area contributed by atoms with Gasteiger partial charge in [0.15, 0.2) is 0 Å². The van der Waals surface area contributed by atoms with E-state index in [1.54, 1.807) is 0 Å². The summed E-state index contributed by atoms with van der Waals surface area (Å²) in [6.45, 7) is 0. The molecule has 11 rings (SSSR count). The molecule has 11 aromatic rings. The summed E-state index contributed by atoms with van der Waals surface area (Å²) in [6, 6.07) is 67.8. The average molecular weight is 694 g/mol. The minimum Gasteiger partial charge on any atom is -0.455 e. The SMILES string of the molecule is c1ccc(-c2ccc(N(c3ccc(-c4cccc5ccccc45)cc3)c3cccc4c3sc3ccc5c(oc6ccc7ccccc7c65)c34)cc2)cc1. The van der Waals surface area contributed by atoms with E-state index in [4.69, 9.17) is 4.42 Å². The second-order valence-corrected chi connectivity index (χ2v) is 14.7. The Morgan fingerprint density at radius 1 is 0.396 bits per heavy atom. The van der Waals surface area contributed by atoms with Gasteiger partial charge < -0.3 is 9.32 Å². The maximum Gasteiger partial charge on any atom is 0.144 e. The molecule has 53 heavy (non-hydrogen) atoms. The summed E-state index contributed by atoms with van der Waals surface area (Å²) in [5, 5.41) is 9.67. The molecule has 0 bridgehead atoms. The van der Waals surface area contributed by atoms with Gasteiger partial charge in [-0.1, -0.05) is 140 Å². The molecular formula is C50H31NOS. The van der Waals surface area contributed by atoms with E-state index in [-0.39, 0.29) is 0 Å². The topological polar surface area (TPSA) is 16.4 Å². The van der Waals surface area contributed by atoms with E-state index in [1.165, 1.54) is 69.4 Å². The van der Waals surface area contributed by atoms with Gasteiger partial charge in [-0.3, -0.25) is 0 Å². The zero-order valence-corrected chi connectivity index (χ0v) is 29.5. The first-order valence-electron chi connectivity index (χ1n) is 18.0. The van der Waals surface area contributed by atoms with Crippen LogP contribution in [-0.2, 0) is 0 Å². The molecule has 0 unspecified atom stereocenters. The zero-order chi connectivity index (χ0) is 34.9. The monoisotopic (exact) mass is 693 g/mol. The Hall–Kier alpha value is -6.68. The molecule has 9 aromatic carbocycles. The first-order valence-corrected chi connectivity index (χ1v) is 18.8. The van der Waals surface area contributed by atoms with Crippen molar-refractivity contribution in [1.82, 2.24) is 0 Å². The van der Waals surface area contributed by atoms with E-state index in [9.17, 15) is 0 Å². The molecule has 0 aliphatic rings. The predicted molar refractivity (Wildman–Crippen MR) is 227 cm³/mol. The molecule has 0 fully saturated rings. The van der Waals surface area contributed by atoms with Crippen LogP contribution in [0.1, 0.15) is 0 Å². The quantitative estimate of drug-likeness (QED) is 0.178. The third kappa shape index (κ3) is 4.78. The number of hydrogen-bond acceptors (Lipinski definition) is 3. The summed E-state index contributed by atoms with van der Waals surface area (Å²) < 4.78 is 9.19. The molecule has 0 spiro atoms. The molecule has 0 N–H and O–H groups in total. The van der Waals surface area contributed by atoms with Crippen molar-refractivity contribution in [2.45, 2.75) is 0 Å². The number of anilines is 3. The lowest BCUT2D eigenvalue weighted by molar-refractivity contribution is 0.673. The normalized spacial score (nSPS) is 11.8. The number of hydrogen-bond donors (Lipinski definition) is 0. The van der Waals surface area contributed by atoms with Crippen LogP contribution in [0.2, 0.25) is 0 Å². The molecule has 2 heterocycles. The van der Waals surface area contributed by atoms with Crippen molar-refractivity contribution < 1.29 is 4.42 Å². The summed E-state index contributed by atoms with van der Waals surface area (Å²) >= 11 is 1.83. The molecule has 3 heteroatoms. The highest BCUT2D eigenvalue weighted by Crippen LogP contribution is 2.48. The first kappa shape index (κ1) is 30.0. The van der Waals surface area contributed by atoms with E-state index in [1.807, 2.05) is 11.3 Å².